The predicted octanol–water partition coefficient (Wildman–Crippen LogP) is 4.51. The number of nitrogens with zero attached hydrogens (tertiary/aromatic N) is 2. The van der Waals surface area contributed by atoms with Gasteiger partial charge in [-0.1, -0.05) is 12.1 Å². The molecule has 166 valence electrons. The summed E-state index contributed by atoms with van der Waals surface area (Å²) in [5.74, 6) is 0.270. The van der Waals surface area contributed by atoms with Crippen molar-refractivity contribution in [2.24, 2.45) is 0 Å². The molecule has 32 heavy (non-hydrogen) atoms. The summed E-state index contributed by atoms with van der Waals surface area (Å²) in [5, 5.41) is 0. The van der Waals surface area contributed by atoms with Crippen LogP contribution < -0.4 is 10.3 Å². The third-order valence-electron chi connectivity index (χ3n) is 4.51. The Bertz CT molecular complexity index is 1280. The molecule has 0 saturated heterocycles. The minimum atomic E-state index is -4.41. The molecule has 0 aliphatic carbocycles. The van der Waals surface area contributed by atoms with E-state index >= 15 is 0 Å². The maximum atomic E-state index is 13.0. The summed E-state index contributed by atoms with van der Waals surface area (Å²) in [6, 6.07) is 13.8. The van der Waals surface area contributed by atoms with Gasteiger partial charge in [-0.3, -0.25) is 9.36 Å². The number of rotatable bonds is 7. The zero-order valence-electron chi connectivity index (χ0n) is 16.5. The Kier molecular flexibility index (Phi) is 5.95. The molecule has 0 saturated carbocycles. The number of ether oxygens (including phenoxy) is 2. The predicted molar refractivity (Wildman–Crippen MR) is 108 cm³/mol. The zero-order valence-corrected chi connectivity index (χ0v) is 16.5. The molecule has 0 fully saturated rings. The fourth-order valence-electron chi connectivity index (χ4n) is 3.04. The first kappa shape index (κ1) is 21.6. The van der Waals surface area contributed by atoms with Gasteiger partial charge in [-0.2, -0.15) is 13.2 Å². The highest BCUT2D eigenvalue weighted by Gasteiger charge is 2.27. The van der Waals surface area contributed by atoms with E-state index in [2.05, 4.69) is 14.7 Å². The van der Waals surface area contributed by atoms with Crippen molar-refractivity contribution >= 4 is 11.0 Å². The lowest BCUT2D eigenvalue weighted by Crippen LogP contribution is -2.17. The summed E-state index contributed by atoms with van der Waals surface area (Å²) in [6.45, 7) is -1.49. The molecule has 0 radical (unpaired) electrons. The fourth-order valence-corrected chi connectivity index (χ4v) is 3.04. The van der Waals surface area contributed by atoms with Crippen LogP contribution in [0.4, 0.5) is 17.6 Å². The molecule has 0 aliphatic rings. The topological polar surface area (TPSA) is 69.1 Å². The van der Waals surface area contributed by atoms with Crippen LogP contribution in [0.2, 0.25) is 0 Å². The Morgan fingerprint density at radius 3 is 2.50 bits per heavy atom. The second-order valence-corrected chi connectivity index (χ2v) is 6.98. The van der Waals surface area contributed by atoms with E-state index in [-0.39, 0.29) is 30.4 Å². The lowest BCUT2D eigenvalue weighted by Gasteiger charge is -2.09. The summed E-state index contributed by atoms with van der Waals surface area (Å²) in [7, 11) is 0. The van der Waals surface area contributed by atoms with E-state index < -0.39 is 12.8 Å². The Morgan fingerprint density at radius 2 is 1.78 bits per heavy atom. The van der Waals surface area contributed by atoms with Gasteiger partial charge in [0, 0.05) is 12.3 Å². The number of aromatic amines is 1. The number of imidazole rings is 1. The van der Waals surface area contributed by atoms with Gasteiger partial charge < -0.3 is 14.5 Å². The fraction of sp³-hybridized carbons (Fsp3) is 0.182. The summed E-state index contributed by atoms with van der Waals surface area (Å²) >= 11 is 0. The van der Waals surface area contributed by atoms with Gasteiger partial charge in [0.25, 0.3) is 5.56 Å². The van der Waals surface area contributed by atoms with Crippen LogP contribution in [0.5, 0.6) is 5.75 Å². The third kappa shape index (κ3) is 5.33. The van der Waals surface area contributed by atoms with E-state index in [1.807, 2.05) is 0 Å². The Morgan fingerprint density at radius 1 is 1.00 bits per heavy atom. The number of benzene rings is 2. The van der Waals surface area contributed by atoms with Crippen LogP contribution >= 0.6 is 0 Å². The average Bonchev–Trinajstić information content (AvgIpc) is 3.14. The first-order chi connectivity index (χ1) is 15.3. The summed E-state index contributed by atoms with van der Waals surface area (Å²) in [4.78, 5) is 19.6. The molecule has 0 atom stereocenters. The summed E-state index contributed by atoms with van der Waals surface area (Å²) in [5.41, 5.74) is 2.05. The number of alkyl halides is 3. The molecule has 0 unspecified atom stereocenters. The van der Waals surface area contributed by atoms with Crippen LogP contribution in [-0.4, -0.2) is 27.3 Å². The molecule has 0 aliphatic heterocycles. The molecule has 0 bridgehead atoms. The highest BCUT2D eigenvalue weighted by molar-refractivity contribution is 5.77. The molecular weight excluding hydrogens is 430 g/mol. The van der Waals surface area contributed by atoms with Gasteiger partial charge in [0.15, 0.2) is 0 Å². The highest BCUT2D eigenvalue weighted by atomic mass is 19.4. The number of pyridine rings is 1. The molecule has 0 spiro atoms. The smallest absolute Gasteiger partial charge is 0.411 e. The standard InChI is InChI=1S/C22H17F4N3O3/c23-15-3-1-14(2-4-15)11-32-17-7-8-29(21(30)10-17)16-5-6-18-19(9-16)28-20(27-18)12-31-13-22(24,25)26/h1-10H,11-13H2,(H,27,28). The van der Waals surface area contributed by atoms with Crippen LogP contribution in [0.3, 0.4) is 0 Å². The van der Waals surface area contributed by atoms with Crippen molar-refractivity contribution in [1.82, 2.24) is 14.5 Å². The lowest BCUT2D eigenvalue weighted by molar-refractivity contribution is -0.177. The monoisotopic (exact) mass is 447 g/mol. The van der Waals surface area contributed by atoms with Crippen molar-refractivity contribution in [2.75, 3.05) is 6.61 Å². The number of nitrogens with one attached hydrogen (secondary N) is 1. The molecule has 4 rings (SSSR count). The molecule has 10 heteroatoms. The normalized spacial score (nSPS) is 11.8. The molecule has 6 nitrogen and oxygen atoms in total. The zero-order chi connectivity index (χ0) is 22.7. The Balaban J connectivity index is 1.47. The molecule has 2 heterocycles. The third-order valence-corrected chi connectivity index (χ3v) is 4.51. The number of halogens is 4. The lowest BCUT2D eigenvalue weighted by atomic mass is 10.2. The summed E-state index contributed by atoms with van der Waals surface area (Å²) < 4.78 is 61.2. The Labute approximate surface area is 179 Å². The highest BCUT2D eigenvalue weighted by Crippen LogP contribution is 2.19. The van der Waals surface area contributed by atoms with E-state index in [0.717, 1.165) is 5.56 Å². The van der Waals surface area contributed by atoms with Crippen molar-refractivity contribution in [2.45, 2.75) is 19.4 Å². The quantitative estimate of drug-likeness (QED) is 0.424. The van der Waals surface area contributed by atoms with Crippen molar-refractivity contribution in [3.05, 3.63) is 88.4 Å². The van der Waals surface area contributed by atoms with Crippen molar-refractivity contribution in [3.8, 4) is 11.4 Å². The Hall–Kier alpha value is -3.66. The maximum absolute atomic E-state index is 13.0. The minimum Gasteiger partial charge on any atom is -0.489 e. The number of aromatic nitrogens is 3. The van der Waals surface area contributed by atoms with Gasteiger partial charge >= 0.3 is 6.18 Å². The maximum Gasteiger partial charge on any atom is 0.411 e. The van der Waals surface area contributed by atoms with Gasteiger partial charge in [-0.25, -0.2) is 9.37 Å². The average molecular weight is 447 g/mol. The van der Waals surface area contributed by atoms with E-state index in [4.69, 9.17) is 4.74 Å². The van der Waals surface area contributed by atoms with Gasteiger partial charge in [0.1, 0.15) is 37.2 Å². The number of hydrogen-bond acceptors (Lipinski definition) is 4. The molecule has 2 aromatic carbocycles. The SMILES string of the molecule is O=c1cc(OCc2ccc(F)cc2)ccn1-c1ccc2nc(COCC(F)(F)F)[nH]c2c1. The second-order valence-electron chi connectivity index (χ2n) is 6.98. The van der Waals surface area contributed by atoms with Gasteiger partial charge in [-0.05, 0) is 42.0 Å². The van der Waals surface area contributed by atoms with E-state index in [9.17, 15) is 22.4 Å². The van der Waals surface area contributed by atoms with Crippen LogP contribution in [-0.2, 0) is 18.0 Å². The number of fused-ring (bicyclic) bond motifs is 1. The molecule has 1 N–H and O–H groups in total. The van der Waals surface area contributed by atoms with E-state index in [1.54, 1.807) is 42.6 Å². The first-order valence-corrected chi connectivity index (χ1v) is 9.50. The number of hydrogen-bond donors (Lipinski definition) is 1. The minimum absolute atomic E-state index is 0.184. The molecule has 0 amide bonds. The van der Waals surface area contributed by atoms with Crippen LogP contribution in [0.25, 0.3) is 16.7 Å². The van der Waals surface area contributed by atoms with Crippen LogP contribution in [0.15, 0.2) is 65.6 Å². The first-order valence-electron chi connectivity index (χ1n) is 9.50. The molecular formula is C22H17F4N3O3. The van der Waals surface area contributed by atoms with Crippen molar-refractivity contribution in [3.63, 3.8) is 0 Å². The van der Waals surface area contributed by atoms with Crippen LogP contribution in [0.1, 0.15) is 11.4 Å². The van der Waals surface area contributed by atoms with Crippen LogP contribution in [0, 0.1) is 5.82 Å². The largest absolute Gasteiger partial charge is 0.489 e. The summed E-state index contributed by atoms with van der Waals surface area (Å²) in [6.07, 6.45) is -2.86. The van der Waals surface area contributed by atoms with Crippen molar-refractivity contribution in [1.29, 1.82) is 0 Å². The van der Waals surface area contributed by atoms with Gasteiger partial charge in [0.05, 0.1) is 16.7 Å². The van der Waals surface area contributed by atoms with Crippen molar-refractivity contribution < 1.29 is 27.0 Å². The van der Waals surface area contributed by atoms with E-state index in [1.165, 1.54) is 22.8 Å². The number of H-pyrrole nitrogens is 1. The van der Waals surface area contributed by atoms with E-state index in [0.29, 0.717) is 22.5 Å². The molecule has 2 aromatic heterocycles. The second kappa shape index (κ2) is 8.83. The van der Waals surface area contributed by atoms with Gasteiger partial charge in [-0.15, -0.1) is 0 Å². The van der Waals surface area contributed by atoms with Gasteiger partial charge in [0.2, 0.25) is 0 Å². The molecule has 4 aromatic rings.